The molecule has 39 heavy (non-hydrogen) atoms. The monoisotopic (exact) mass is 551 g/mol. The van der Waals surface area contributed by atoms with E-state index in [4.69, 9.17) is 20.2 Å². The molecular formula is C27H27F2N7O2S. The number of aromatic amines is 1. The van der Waals surface area contributed by atoms with E-state index in [1.54, 1.807) is 43.5 Å². The van der Waals surface area contributed by atoms with Crippen molar-refractivity contribution >= 4 is 47.1 Å². The number of nitrogens with one attached hydrogen (secondary N) is 2. The van der Waals surface area contributed by atoms with Crippen molar-refractivity contribution in [3.63, 3.8) is 0 Å². The van der Waals surface area contributed by atoms with Crippen molar-refractivity contribution < 1.29 is 18.3 Å². The lowest BCUT2D eigenvalue weighted by Gasteiger charge is -2.29. The Morgan fingerprint density at radius 1 is 1.13 bits per heavy atom. The van der Waals surface area contributed by atoms with Crippen molar-refractivity contribution in [2.45, 2.75) is 17.0 Å². The topological polar surface area (TPSA) is 114 Å². The minimum absolute atomic E-state index is 0.0577. The van der Waals surface area contributed by atoms with Crippen LogP contribution < -0.4 is 20.7 Å². The molecule has 202 valence electrons. The molecular weight excluding hydrogens is 524 g/mol. The van der Waals surface area contributed by atoms with Gasteiger partial charge in [-0.25, -0.2) is 18.7 Å². The van der Waals surface area contributed by atoms with E-state index in [0.29, 0.717) is 70.7 Å². The number of hydrogen-bond donors (Lipinski definition) is 3. The highest BCUT2D eigenvalue weighted by atomic mass is 32.2. The van der Waals surface area contributed by atoms with Crippen molar-refractivity contribution in [1.82, 2.24) is 20.2 Å². The summed E-state index contributed by atoms with van der Waals surface area (Å²) in [6, 6.07) is 11.3. The van der Waals surface area contributed by atoms with Crippen molar-refractivity contribution in [2.75, 3.05) is 49.4 Å². The molecule has 5 rings (SSSR count). The Morgan fingerprint density at radius 3 is 2.67 bits per heavy atom. The van der Waals surface area contributed by atoms with Crippen LogP contribution in [0.1, 0.15) is 16.8 Å². The molecule has 9 nitrogen and oxygen atoms in total. The first-order valence-corrected chi connectivity index (χ1v) is 13.0. The predicted molar refractivity (Wildman–Crippen MR) is 148 cm³/mol. The Balaban J connectivity index is 1.44. The van der Waals surface area contributed by atoms with Crippen LogP contribution in [-0.4, -0.2) is 53.6 Å². The zero-order valence-corrected chi connectivity index (χ0v) is 22.2. The standard InChI is InChI=1S/C27H27F2N7O2S/c1-16-14-22(35-34-16)31-25-24(37-2)26(36-10-12-38-13-11-36)33-27(32-25)39-21-9-7-17(15-19(21)28)6-8-18-4-3-5-20(30)23(18)29/h3-9,14-15H,10-13,30H2,1-2H3,(H2,31,32,33,34,35)/b8-6+. The van der Waals surface area contributed by atoms with Crippen LogP contribution in [0.25, 0.3) is 12.2 Å². The van der Waals surface area contributed by atoms with Gasteiger partial charge in [-0.15, -0.1) is 0 Å². The molecule has 0 bridgehead atoms. The van der Waals surface area contributed by atoms with Crippen molar-refractivity contribution in [1.29, 1.82) is 0 Å². The average Bonchev–Trinajstić information content (AvgIpc) is 3.35. The van der Waals surface area contributed by atoms with Gasteiger partial charge >= 0.3 is 0 Å². The minimum atomic E-state index is -0.511. The highest BCUT2D eigenvalue weighted by Gasteiger charge is 2.24. The lowest BCUT2D eigenvalue weighted by molar-refractivity contribution is 0.122. The Labute approximate surface area is 228 Å². The Morgan fingerprint density at radius 2 is 1.95 bits per heavy atom. The van der Waals surface area contributed by atoms with E-state index in [1.807, 2.05) is 13.0 Å². The Kier molecular flexibility index (Phi) is 7.94. The molecule has 2 aromatic heterocycles. The number of aryl methyl sites for hydroxylation is 1. The summed E-state index contributed by atoms with van der Waals surface area (Å²) in [6.45, 7) is 4.26. The fourth-order valence-electron chi connectivity index (χ4n) is 4.01. The molecule has 0 atom stereocenters. The molecule has 2 aromatic carbocycles. The van der Waals surface area contributed by atoms with E-state index in [9.17, 15) is 4.39 Å². The lowest BCUT2D eigenvalue weighted by atomic mass is 10.1. The highest BCUT2D eigenvalue weighted by molar-refractivity contribution is 7.99. The van der Waals surface area contributed by atoms with Gasteiger partial charge in [0.1, 0.15) is 5.82 Å². The minimum Gasteiger partial charge on any atom is -0.490 e. The lowest BCUT2D eigenvalue weighted by Crippen LogP contribution is -2.37. The number of halogens is 2. The predicted octanol–water partition coefficient (Wildman–Crippen LogP) is 5.28. The third-order valence-electron chi connectivity index (χ3n) is 5.97. The van der Waals surface area contributed by atoms with Gasteiger partial charge in [0.05, 0.1) is 30.9 Å². The van der Waals surface area contributed by atoms with Crippen molar-refractivity contribution in [3.05, 3.63) is 70.9 Å². The molecule has 0 radical (unpaired) electrons. The Hall–Kier alpha value is -4.16. The second kappa shape index (κ2) is 11.7. The van der Waals surface area contributed by atoms with Gasteiger partial charge in [0.15, 0.2) is 28.4 Å². The van der Waals surface area contributed by atoms with Gasteiger partial charge < -0.3 is 25.4 Å². The maximum atomic E-state index is 15.2. The fraction of sp³-hybridized carbons (Fsp3) is 0.222. The van der Waals surface area contributed by atoms with Gasteiger partial charge in [-0.3, -0.25) is 5.10 Å². The van der Waals surface area contributed by atoms with Crippen LogP contribution in [-0.2, 0) is 4.74 Å². The molecule has 1 aliphatic rings. The quantitative estimate of drug-likeness (QED) is 0.153. The molecule has 4 N–H and O–H groups in total. The number of anilines is 4. The van der Waals surface area contributed by atoms with Gasteiger partial charge in [0.2, 0.25) is 5.75 Å². The molecule has 1 aliphatic heterocycles. The second-order valence-electron chi connectivity index (χ2n) is 8.75. The first-order valence-electron chi connectivity index (χ1n) is 12.2. The second-order valence-corrected chi connectivity index (χ2v) is 9.76. The number of methoxy groups -OCH3 is 1. The third kappa shape index (κ3) is 6.13. The smallest absolute Gasteiger partial charge is 0.204 e. The number of benzene rings is 2. The molecule has 1 fully saturated rings. The molecule has 0 saturated carbocycles. The van der Waals surface area contributed by atoms with Gasteiger partial charge in [0.25, 0.3) is 0 Å². The van der Waals surface area contributed by atoms with Crippen LogP contribution in [0.15, 0.2) is 52.5 Å². The molecule has 0 amide bonds. The zero-order chi connectivity index (χ0) is 27.4. The van der Waals surface area contributed by atoms with Crippen LogP contribution in [0.4, 0.5) is 31.9 Å². The summed E-state index contributed by atoms with van der Waals surface area (Å²) in [6.07, 6.45) is 3.19. The van der Waals surface area contributed by atoms with Crippen LogP contribution in [0, 0.1) is 18.6 Å². The Bertz CT molecular complexity index is 1510. The van der Waals surface area contributed by atoms with E-state index >= 15 is 4.39 Å². The summed E-state index contributed by atoms with van der Waals surface area (Å²) in [5.41, 5.74) is 7.46. The van der Waals surface area contributed by atoms with E-state index in [2.05, 4.69) is 25.4 Å². The van der Waals surface area contributed by atoms with E-state index in [-0.39, 0.29) is 5.69 Å². The van der Waals surface area contributed by atoms with Crippen molar-refractivity contribution in [3.8, 4) is 5.75 Å². The molecule has 12 heteroatoms. The third-order valence-corrected chi connectivity index (χ3v) is 6.88. The fourth-order valence-corrected chi connectivity index (χ4v) is 4.77. The number of nitrogens with zero attached hydrogens (tertiary/aromatic N) is 4. The number of rotatable bonds is 8. The summed E-state index contributed by atoms with van der Waals surface area (Å²) >= 11 is 1.09. The molecule has 0 spiro atoms. The number of nitrogens with two attached hydrogens (primary N) is 1. The normalized spacial score (nSPS) is 13.7. The molecule has 0 aliphatic carbocycles. The SMILES string of the molecule is COc1c(Nc2cc(C)[nH]n2)nc(Sc2ccc(/C=C/c3cccc(N)c3F)cc2F)nc1N1CCOCC1. The number of nitrogen functional groups attached to an aromatic ring is 1. The van der Waals surface area contributed by atoms with Gasteiger partial charge in [-0.1, -0.05) is 30.4 Å². The number of morpholine rings is 1. The summed E-state index contributed by atoms with van der Waals surface area (Å²) < 4.78 is 40.5. The highest BCUT2D eigenvalue weighted by Crippen LogP contribution is 2.39. The largest absolute Gasteiger partial charge is 0.490 e. The van der Waals surface area contributed by atoms with Crippen LogP contribution in [0.5, 0.6) is 5.75 Å². The molecule has 1 saturated heterocycles. The molecule has 4 aromatic rings. The van der Waals surface area contributed by atoms with Crippen LogP contribution >= 0.6 is 11.8 Å². The molecule has 3 heterocycles. The summed E-state index contributed by atoms with van der Waals surface area (Å²) in [5.74, 6) is 1.04. The maximum Gasteiger partial charge on any atom is 0.204 e. The van der Waals surface area contributed by atoms with Crippen molar-refractivity contribution in [2.24, 2.45) is 0 Å². The van der Waals surface area contributed by atoms with E-state index < -0.39 is 11.6 Å². The van der Waals surface area contributed by atoms with Crippen LogP contribution in [0.2, 0.25) is 0 Å². The molecule has 0 unspecified atom stereocenters. The maximum absolute atomic E-state index is 15.2. The van der Waals surface area contributed by atoms with Crippen LogP contribution in [0.3, 0.4) is 0 Å². The van der Waals surface area contributed by atoms with E-state index in [0.717, 1.165) is 17.5 Å². The first-order chi connectivity index (χ1) is 18.9. The van der Waals surface area contributed by atoms with Gasteiger partial charge in [-0.05, 0) is 42.4 Å². The number of hydrogen-bond acceptors (Lipinski definition) is 9. The number of aromatic nitrogens is 4. The average molecular weight is 552 g/mol. The van der Waals surface area contributed by atoms with E-state index in [1.165, 1.54) is 12.1 Å². The summed E-state index contributed by atoms with van der Waals surface area (Å²) in [4.78, 5) is 11.7. The summed E-state index contributed by atoms with van der Waals surface area (Å²) in [7, 11) is 1.55. The van der Waals surface area contributed by atoms with Gasteiger partial charge in [0, 0.05) is 30.4 Å². The number of ether oxygens (including phenoxy) is 2. The van der Waals surface area contributed by atoms with Gasteiger partial charge in [-0.2, -0.15) is 5.10 Å². The first kappa shape index (κ1) is 26.4. The zero-order valence-electron chi connectivity index (χ0n) is 21.4. The number of H-pyrrole nitrogens is 1. The summed E-state index contributed by atoms with van der Waals surface area (Å²) in [5, 5.41) is 10.6.